The summed E-state index contributed by atoms with van der Waals surface area (Å²) in [5.41, 5.74) is 0. The first kappa shape index (κ1) is 23.4. The Hall–Kier alpha value is -0.730. The van der Waals surface area contributed by atoms with Gasteiger partial charge in [-0.1, -0.05) is 0 Å². The highest BCUT2D eigenvalue weighted by atomic mass is 32.3. The van der Waals surface area contributed by atoms with Gasteiger partial charge in [0.1, 0.15) is 0 Å². The molecule has 0 aliphatic carbocycles. The van der Waals surface area contributed by atoms with Crippen molar-refractivity contribution in [1.29, 1.82) is 0 Å². The molecule has 0 saturated carbocycles. The van der Waals surface area contributed by atoms with Gasteiger partial charge in [0.05, 0.1) is 0 Å². The van der Waals surface area contributed by atoms with Crippen LogP contribution in [0.5, 0.6) is 0 Å². The largest absolute Gasteiger partial charge is 0.422 e. The third kappa shape index (κ3) is 13.5. The van der Waals surface area contributed by atoms with Crippen molar-refractivity contribution in [3.63, 3.8) is 0 Å². The number of halogens is 8. The molecule has 120 valence electrons. The molecule has 0 aromatic carbocycles. The van der Waals surface area contributed by atoms with Gasteiger partial charge in [-0.25, -0.2) is 22.0 Å². The van der Waals surface area contributed by atoms with E-state index in [1.54, 1.807) is 0 Å². The van der Waals surface area contributed by atoms with Gasteiger partial charge in [0.25, 0.3) is 6.43 Å². The van der Waals surface area contributed by atoms with Gasteiger partial charge in [0.2, 0.25) is 6.17 Å². The average Bonchev–Trinajstić information content (AvgIpc) is 2.09. The second-order valence-electron chi connectivity index (χ2n) is 2.61. The SMILES string of the molecule is FC(F)C(F)C(F)C(F)C(F)(F)F.N.O=S(=O)(O)O. The summed E-state index contributed by atoms with van der Waals surface area (Å²) in [7, 11) is -4.67. The van der Waals surface area contributed by atoms with Crippen molar-refractivity contribution in [1.82, 2.24) is 6.15 Å². The first-order valence-corrected chi connectivity index (χ1v) is 5.04. The zero-order valence-electron chi connectivity index (χ0n) is 8.66. The Bertz CT molecular complexity index is 325. The van der Waals surface area contributed by atoms with Crippen molar-refractivity contribution >= 4 is 10.4 Å². The Kier molecular flexibility index (Phi) is 10.4. The Balaban J connectivity index is -0.000000366. The zero-order valence-corrected chi connectivity index (χ0v) is 9.48. The molecule has 3 atom stereocenters. The lowest BCUT2D eigenvalue weighted by molar-refractivity contribution is -0.207. The highest BCUT2D eigenvalue weighted by Gasteiger charge is 2.51. The number of hydrogen-bond donors (Lipinski definition) is 3. The number of rotatable bonds is 3. The topological polar surface area (TPSA) is 110 Å². The van der Waals surface area contributed by atoms with Crippen molar-refractivity contribution in [2.75, 3.05) is 0 Å². The molecular weight excluding hydrogens is 322 g/mol. The van der Waals surface area contributed by atoms with Gasteiger partial charge in [0.15, 0.2) is 12.3 Å². The van der Waals surface area contributed by atoms with Gasteiger partial charge in [-0.05, 0) is 0 Å². The second-order valence-corrected chi connectivity index (χ2v) is 3.51. The summed E-state index contributed by atoms with van der Waals surface area (Å²) in [4.78, 5) is 0. The van der Waals surface area contributed by atoms with Gasteiger partial charge in [-0.2, -0.15) is 21.6 Å². The van der Waals surface area contributed by atoms with Crippen LogP contribution in [0.1, 0.15) is 0 Å². The fraction of sp³-hybridized carbons (Fsp3) is 1.00. The lowest BCUT2D eigenvalue weighted by atomic mass is 10.1. The van der Waals surface area contributed by atoms with E-state index in [4.69, 9.17) is 17.5 Å². The minimum atomic E-state index is -5.67. The van der Waals surface area contributed by atoms with E-state index in [0.717, 1.165) is 0 Å². The maximum absolute atomic E-state index is 12.0. The third-order valence-corrected chi connectivity index (χ3v) is 1.14. The quantitative estimate of drug-likeness (QED) is 0.543. The normalized spacial score (nSPS) is 16.8. The zero-order chi connectivity index (χ0) is 15.3. The van der Waals surface area contributed by atoms with Crippen LogP contribution >= 0.6 is 0 Å². The lowest BCUT2D eigenvalue weighted by Crippen LogP contribution is -2.41. The molecule has 0 fully saturated rings. The fourth-order valence-corrected chi connectivity index (χ4v) is 0.481. The summed E-state index contributed by atoms with van der Waals surface area (Å²) in [5, 5.41) is 0. The molecule has 0 spiro atoms. The summed E-state index contributed by atoms with van der Waals surface area (Å²) in [6, 6.07) is 0. The van der Waals surface area contributed by atoms with Crippen LogP contribution in [-0.2, 0) is 10.4 Å². The minimum absolute atomic E-state index is 0. The third-order valence-electron chi connectivity index (χ3n) is 1.14. The van der Waals surface area contributed by atoms with Crippen LogP contribution in [0, 0.1) is 0 Å². The van der Waals surface area contributed by atoms with Crippen LogP contribution in [0.25, 0.3) is 0 Å². The van der Waals surface area contributed by atoms with E-state index in [1.807, 2.05) is 0 Å². The minimum Gasteiger partial charge on any atom is -0.344 e. The van der Waals surface area contributed by atoms with E-state index in [-0.39, 0.29) is 6.15 Å². The van der Waals surface area contributed by atoms with Gasteiger partial charge in [0, 0.05) is 0 Å². The Labute approximate surface area is 101 Å². The van der Waals surface area contributed by atoms with Crippen LogP contribution < -0.4 is 6.15 Å². The van der Waals surface area contributed by atoms with Gasteiger partial charge >= 0.3 is 16.6 Å². The van der Waals surface area contributed by atoms with Crippen molar-refractivity contribution in [3.05, 3.63) is 0 Å². The van der Waals surface area contributed by atoms with E-state index in [1.165, 1.54) is 0 Å². The van der Waals surface area contributed by atoms with E-state index < -0.39 is 41.5 Å². The number of alkyl halides is 8. The van der Waals surface area contributed by atoms with E-state index in [9.17, 15) is 35.1 Å². The summed E-state index contributed by atoms with van der Waals surface area (Å²) in [6.45, 7) is 0. The molecule has 0 radical (unpaired) electrons. The van der Waals surface area contributed by atoms with E-state index in [2.05, 4.69) is 0 Å². The predicted octanol–water partition coefficient (Wildman–Crippen LogP) is 2.34. The molecule has 0 saturated heterocycles. The first-order valence-electron chi connectivity index (χ1n) is 3.65. The molecular formula is C5H9F8NO4S. The molecule has 0 amide bonds. The molecule has 0 rings (SSSR count). The molecule has 14 heteroatoms. The Morgan fingerprint density at radius 1 is 0.842 bits per heavy atom. The molecule has 0 aliphatic heterocycles. The molecule has 5 N–H and O–H groups in total. The summed E-state index contributed by atoms with van der Waals surface area (Å²) < 4.78 is 124. The Morgan fingerprint density at radius 3 is 1.26 bits per heavy atom. The Morgan fingerprint density at radius 2 is 1.11 bits per heavy atom. The van der Waals surface area contributed by atoms with E-state index >= 15 is 0 Å². The molecule has 0 aromatic heterocycles. The molecule has 0 aliphatic rings. The van der Waals surface area contributed by atoms with E-state index in [0.29, 0.717) is 0 Å². The lowest BCUT2D eigenvalue weighted by Gasteiger charge is -2.18. The predicted molar refractivity (Wildman–Crippen MR) is 45.9 cm³/mol. The molecule has 0 heterocycles. The summed E-state index contributed by atoms with van der Waals surface area (Å²) >= 11 is 0. The monoisotopic (exact) mass is 331 g/mol. The maximum atomic E-state index is 12.0. The first-order chi connectivity index (χ1) is 7.68. The molecule has 19 heavy (non-hydrogen) atoms. The molecule has 5 nitrogen and oxygen atoms in total. The average molecular weight is 331 g/mol. The number of hydrogen-bond acceptors (Lipinski definition) is 3. The fourth-order valence-electron chi connectivity index (χ4n) is 0.481. The van der Waals surface area contributed by atoms with Gasteiger partial charge in [-0.15, -0.1) is 0 Å². The van der Waals surface area contributed by atoms with Crippen LogP contribution in [-0.4, -0.2) is 48.6 Å². The van der Waals surface area contributed by atoms with Crippen molar-refractivity contribution < 1.29 is 52.6 Å². The van der Waals surface area contributed by atoms with Crippen molar-refractivity contribution in [2.24, 2.45) is 0 Å². The van der Waals surface area contributed by atoms with Crippen molar-refractivity contribution in [2.45, 2.75) is 31.1 Å². The van der Waals surface area contributed by atoms with Gasteiger partial charge in [-0.3, -0.25) is 9.11 Å². The van der Waals surface area contributed by atoms with Crippen LogP contribution in [0.15, 0.2) is 0 Å². The maximum Gasteiger partial charge on any atom is 0.422 e. The van der Waals surface area contributed by atoms with Crippen LogP contribution in [0.3, 0.4) is 0 Å². The molecule has 3 unspecified atom stereocenters. The summed E-state index contributed by atoms with van der Waals surface area (Å²) in [5.74, 6) is 0. The van der Waals surface area contributed by atoms with Crippen molar-refractivity contribution in [3.8, 4) is 0 Å². The van der Waals surface area contributed by atoms with Crippen LogP contribution in [0.4, 0.5) is 35.1 Å². The summed E-state index contributed by atoms with van der Waals surface area (Å²) in [6.07, 6.45) is -21.5. The highest BCUT2D eigenvalue weighted by molar-refractivity contribution is 7.79. The smallest absolute Gasteiger partial charge is 0.344 e. The second kappa shape index (κ2) is 8.44. The standard InChI is InChI=1S/C5H4F8.H3N.H2O4S/c6-1(2(7)4(9)10)3(8)5(11,12)13;;1-5(2,3)4/h1-4H;1H3;(H2,1,2,3,4). The van der Waals surface area contributed by atoms with Crippen LogP contribution in [0.2, 0.25) is 0 Å². The van der Waals surface area contributed by atoms with Gasteiger partial charge < -0.3 is 6.15 Å². The molecule has 0 aromatic rings. The molecule has 0 bridgehead atoms. The highest BCUT2D eigenvalue weighted by Crippen LogP contribution is 2.30.